The second-order valence-electron chi connectivity index (χ2n) is 3.31. The Bertz CT molecular complexity index is 461. The van der Waals surface area contributed by atoms with Gasteiger partial charge in [-0.15, -0.1) is 0 Å². The Morgan fingerprint density at radius 2 is 2.28 bits per heavy atom. The van der Waals surface area contributed by atoms with Crippen molar-refractivity contribution in [2.24, 2.45) is 5.73 Å². The minimum Gasteiger partial charge on any atom is -0.495 e. The highest BCUT2D eigenvalue weighted by molar-refractivity contribution is 9.10. The molecule has 1 rings (SSSR count). The Hall–Kier alpha value is -1.69. The molecular formula is C12H15BrN2O3. The maximum absolute atomic E-state index is 11.3. The molecule has 3 N–H and O–H groups in total. The maximum atomic E-state index is 11.3. The second-order valence-corrected chi connectivity index (χ2v) is 4.22. The molecule has 0 spiro atoms. The van der Waals surface area contributed by atoms with Gasteiger partial charge in [-0.25, -0.2) is 4.79 Å². The number of nitrogens with one attached hydrogen (secondary N) is 1. The fourth-order valence-electron chi connectivity index (χ4n) is 1.21. The third kappa shape index (κ3) is 3.96. The zero-order valence-corrected chi connectivity index (χ0v) is 11.8. The summed E-state index contributed by atoms with van der Waals surface area (Å²) in [5, 5.41) is 2.90. The van der Waals surface area contributed by atoms with E-state index in [2.05, 4.69) is 21.2 Å². The molecule has 0 atom stereocenters. The molecule has 0 fully saturated rings. The fourth-order valence-corrected chi connectivity index (χ4v) is 1.55. The van der Waals surface area contributed by atoms with Crippen LogP contribution in [0.2, 0.25) is 0 Å². The largest absolute Gasteiger partial charge is 0.495 e. The number of halogens is 1. The van der Waals surface area contributed by atoms with Crippen molar-refractivity contribution in [3.8, 4) is 5.75 Å². The van der Waals surface area contributed by atoms with Crippen LogP contribution in [0.4, 0.5) is 5.69 Å². The van der Waals surface area contributed by atoms with Crippen molar-refractivity contribution in [3.05, 3.63) is 34.6 Å². The van der Waals surface area contributed by atoms with Crippen LogP contribution in [-0.2, 0) is 9.53 Å². The minimum atomic E-state index is -0.555. The smallest absolute Gasteiger partial charge is 0.355 e. The van der Waals surface area contributed by atoms with Crippen LogP contribution in [0.25, 0.3) is 0 Å². The van der Waals surface area contributed by atoms with Gasteiger partial charge < -0.3 is 20.5 Å². The number of anilines is 1. The normalized spacial score (nSPS) is 10.9. The first-order chi connectivity index (χ1) is 8.58. The first-order valence-electron chi connectivity index (χ1n) is 5.31. The van der Waals surface area contributed by atoms with Gasteiger partial charge in [-0.3, -0.25) is 0 Å². The molecule has 0 aliphatic carbocycles. The standard InChI is InChI=1S/C12H15BrN2O3/c1-3-18-12(16)9(14)7-15-10-5-4-8(13)6-11(10)17-2/h4-7,15H,3,14H2,1-2H3. The van der Waals surface area contributed by atoms with Gasteiger partial charge in [0.1, 0.15) is 11.4 Å². The highest BCUT2D eigenvalue weighted by Crippen LogP contribution is 2.27. The molecular weight excluding hydrogens is 300 g/mol. The number of nitrogens with two attached hydrogens (primary N) is 1. The average molecular weight is 315 g/mol. The van der Waals surface area contributed by atoms with Crippen LogP contribution in [0.1, 0.15) is 6.92 Å². The van der Waals surface area contributed by atoms with Gasteiger partial charge in [-0.05, 0) is 25.1 Å². The van der Waals surface area contributed by atoms with Crippen molar-refractivity contribution < 1.29 is 14.3 Å². The van der Waals surface area contributed by atoms with Gasteiger partial charge in [0, 0.05) is 10.7 Å². The molecule has 0 radical (unpaired) electrons. The Morgan fingerprint density at radius 3 is 2.89 bits per heavy atom. The van der Waals surface area contributed by atoms with Gasteiger partial charge in [0.25, 0.3) is 0 Å². The van der Waals surface area contributed by atoms with Gasteiger partial charge in [0.2, 0.25) is 0 Å². The molecule has 0 heterocycles. The van der Waals surface area contributed by atoms with E-state index < -0.39 is 5.97 Å². The summed E-state index contributed by atoms with van der Waals surface area (Å²) in [5.41, 5.74) is 6.25. The molecule has 0 unspecified atom stereocenters. The number of carbonyl (C=O) groups is 1. The van der Waals surface area contributed by atoms with Crippen molar-refractivity contribution in [2.45, 2.75) is 6.92 Å². The second kappa shape index (κ2) is 6.90. The average Bonchev–Trinajstić information content (AvgIpc) is 2.37. The van der Waals surface area contributed by atoms with E-state index in [1.54, 1.807) is 26.2 Å². The summed E-state index contributed by atoms with van der Waals surface area (Å²) in [6.45, 7) is 2.01. The minimum absolute atomic E-state index is 0.00169. The van der Waals surface area contributed by atoms with Crippen molar-refractivity contribution >= 4 is 27.6 Å². The number of carbonyl (C=O) groups excluding carboxylic acids is 1. The summed E-state index contributed by atoms with van der Waals surface area (Å²) in [4.78, 5) is 11.3. The van der Waals surface area contributed by atoms with E-state index in [4.69, 9.17) is 15.2 Å². The van der Waals surface area contributed by atoms with Crippen molar-refractivity contribution in [1.82, 2.24) is 0 Å². The predicted octanol–water partition coefficient (Wildman–Crippen LogP) is 2.23. The summed E-state index contributed by atoms with van der Waals surface area (Å²) in [5.74, 6) is 0.0818. The van der Waals surface area contributed by atoms with Crippen LogP contribution < -0.4 is 15.8 Å². The number of esters is 1. The van der Waals surface area contributed by atoms with Gasteiger partial charge in [-0.1, -0.05) is 15.9 Å². The summed E-state index contributed by atoms with van der Waals surface area (Å²) >= 11 is 3.34. The quantitative estimate of drug-likeness (QED) is 0.644. The first kappa shape index (κ1) is 14.4. The molecule has 0 aromatic heterocycles. The molecule has 0 aliphatic heterocycles. The van der Waals surface area contributed by atoms with Gasteiger partial charge in [0.05, 0.1) is 19.4 Å². The molecule has 6 heteroatoms. The summed E-state index contributed by atoms with van der Waals surface area (Å²) in [6, 6.07) is 5.45. The van der Waals surface area contributed by atoms with Crippen molar-refractivity contribution in [1.29, 1.82) is 0 Å². The lowest BCUT2D eigenvalue weighted by Gasteiger charge is -2.09. The van der Waals surface area contributed by atoms with Crippen LogP contribution >= 0.6 is 15.9 Å². The van der Waals surface area contributed by atoms with Gasteiger partial charge >= 0.3 is 5.97 Å². The molecule has 0 saturated carbocycles. The molecule has 1 aromatic rings. The van der Waals surface area contributed by atoms with E-state index in [1.807, 2.05) is 6.07 Å². The lowest BCUT2D eigenvalue weighted by Crippen LogP contribution is -2.16. The third-order valence-corrected chi connectivity index (χ3v) is 2.55. The number of hydrogen-bond acceptors (Lipinski definition) is 5. The van der Waals surface area contributed by atoms with E-state index in [-0.39, 0.29) is 12.3 Å². The number of hydrogen-bond donors (Lipinski definition) is 2. The van der Waals surface area contributed by atoms with E-state index in [0.717, 1.165) is 4.47 Å². The summed E-state index contributed by atoms with van der Waals surface area (Å²) < 4.78 is 10.8. The molecule has 0 aliphatic rings. The SMILES string of the molecule is CCOC(=O)C(N)=CNc1ccc(Br)cc1OC. The fraction of sp³-hybridized carbons (Fsp3) is 0.250. The summed E-state index contributed by atoms with van der Waals surface area (Å²) in [6.07, 6.45) is 1.38. The highest BCUT2D eigenvalue weighted by Gasteiger charge is 2.06. The Balaban J connectivity index is 2.79. The lowest BCUT2D eigenvalue weighted by atomic mass is 10.3. The topological polar surface area (TPSA) is 73.6 Å². The van der Waals surface area contributed by atoms with E-state index in [0.29, 0.717) is 11.4 Å². The zero-order valence-electron chi connectivity index (χ0n) is 10.2. The molecule has 1 aromatic carbocycles. The Kier molecular flexibility index (Phi) is 5.51. The summed E-state index contributed by atoms with van der Waals surface area (Å²) in [7, 11) is 1.56. The number of benzene rings is 1. The van der Waals surface area contributed by atoms with Crippen LogP contribution in [0.3, 0.4) is 0 Å². The van der Waals surface area contributed by atoms with Gasteiger partial charge in [-0.2, -0.15) is 0 Å². The maximum Gasteiger partial charge on any atom is 0.355 e. The third-order valence-electron chi connectivity index (χ3n) is 2.06. The van der Waals surface area contributed by atoms with Crippen molar-refractivity contribution in [3.63, 3.8) is 0 Å². The molecule has 5 nitrogen and oxygen atoms in total. The van der Waals surface area contributed by atoms with Crippen LogP contribution in [0, 0.1) is 0 Å². The first-order valence-corrected chi connectivity index (χ1v) is 6.10. The molecule has 0 bridgehead atoms. The molecule has 18 heavy (non-hydrogen) atoms. The van der Waals surface area contributed by atoms with Gasteiger partial charge in [0.15, 0.2) is 0 Å². The zero-order chi connectivity index (χ0) is 13.5. The number of methoxy groups -OCH3 is 1. The van der Waals surface area contributed by atoms with Crippen LogP contribution in [-0.4, -0.2) is 19.7 Å². The highest BCUT2D eigenvalue weighted by atomic mass is 79.9. The molecule has 0 saturated heterocycles. The van der Waals surface area contributed by atoms with E-state index in [1.165, 1.54) is 6.20 Å². The van der Waals surface area contributed by atoms with Crippen LogP contribution in [0.15, 0.2) is 34.6 Å². The van der Waals surface area contributed by atoms with Crippen LogP contribution in [0.5, 0.6) is 5.75 Å². The molecule has 98 valence electrons. The van der Waals surface area contributed by atoms with E-state index >= 15 is 0 Å². The molecule has 0 amide bonds. The van der Waals surface area contributed by atoms with Crippen molar-refractivity contribution in [2.75, 3.05) is 19.0 Å². The Morgan fingerprint density at radius 1 is 1.56 bits per heavy atom. The van der Waals surface area contributed by atoms with E-state index in [9.17, 15) is 4.79 Å². The Labute approximate surface area is 114 Å². The predicted molar refractivity (Wildman–Crippen MR) is 73.2 cm³/mol. The lowest BCUT2D eigenvalue weighted by molar-refractivity contribution is -0.138. The number of ether oxygens (including phenoxy) is 2. The number of rotatable bonds is 5. The monoisotopic (exact) mass is 314 g/mol.